The van der Waals surface area contributed by atoms with Crippen LogP contribution in [0.2, 0.25) is 0 Å². The summed E-state index contributed by atoms with van der Waals surface area (Å²) >= 11 is 0. The number of likely N-dealkylation sites (N-methyl/N-ethyl adjacent to an activating group) is 1. The first kappa shape index (κ1) is 13.3. The molecule has 0 aromatic heterocycles. The fourth-order valence-electron chi connectivity index (χ4n) is 2.78. The van der Waals surface area contributed by atoms with Crippen LogP contribution in [0.5, 0.6) is 0 Å². The molecule has 1 aliphatic carbocycles. The Hall–Kier alpha value is -1.10. The Morgan fingerprint density at radius 3 is 2.50 bits per heavy atom. The summed E-state index contributed by atoms with van der Waals surface area (Å²) in [5.74, 6) is 0.158. The van der Waals surface area contributed by atoms with E-state index in [0.717, 1.165) is 32.1 Å². The molecule has 102 valence electrons. The quantitative estimate of drug-likeness (QED) is 0.756. The third-order valence-electron chi connectivity index (χ3n) is 4.20. The van der Waals surface area contributed by atoms with Crippen molar-refractivity contribution in [2.45, 2.75) is 50.6 Å². The van der Waals surface area contributed by atoms with E-state index < -0.39 is 5.54 Å². The summed E-state index contributed by atoms with van der Waals surface area (Å²) in [6.07, 6.45) is 4.74. The first-order chi connectivity index (χ1) is 8.48. The lowest BCUT2D eigenvalue weighted by Crippen LogP contribution is -2.61. The number of nitrogens with two attached hydrogens (primary N) is 1. The van der Waals surface area contributed by atoms with Crippen LogP contribution in [-0.4, -0.2) is 41.9 Å². The average Bonchev–Trinajstić information content (AvgIpc) is 3.21. The van der Waals surface area contributed by atoms with Crippen LogP contribution in [0.15, 0.2) is 0 Å². The fourth-order valence-corrected chi connectivity index (χ4v) is 2.78. The summed E-state index contributed by atoms with van der Waals surface area (Å²) in [7, 11) is 1.61. The van der Waals surface area contributed by atoms with E-state index in [0.29, 0.717) is 6.54 Å². The SMILES string of the molecule is CNC(=O)C1CCCCN1C(=O)C(C)(N)C1CC1. The van der Waals surface area contributed by atoms with Crippen molar-refractivity contribution >= 4 is 11.8 Å². The number of amides is 2. The molecule has 2 fully saturated rings. The van der Waals surface area contributed by atoms with Crippen molar-refractivity contribution in [3.63, 3.8) is 0 Å². The van der Waals surface area contributed by atoms with Gasteiger partial charge in [-0.2, -0.15) is 0 Å². The predicted molar refractivity (Wildman–Crippen MR) is 68.7 cm³/mol. The van der Waals surface area contributed by atoms with E-state index in [-0.39, 0.29) is 23.8 Å². The molecule has 5 heteroatoms. The molecule has 1 saturated heterocycles. The molecule has 0 bridgehead atoms. The highest BCUT2D eigenvalue weighted by atomic mass is 16.2. The molecule has 2 rings (SSSR count). The van der Waals surface area contributed by atoms with Crippen LogP contribution < -0.4 is 11.1 Å². The molecule has 1 heterocycles. The van der Waals surface area contributed by atoms with Gasteiger partial charge in [-0.25, -0.2) is 0 Å². The van der Waals surface area contributed by atoms with Gasteiger partial charge in [-0.15, -0.1) is 0 Å². The van der Waals surface area contributed by atoms with Gasteiger partial charge in [0, 0.05) is 13.6 Å². The van der Waals surface area contributed by atoms with Gasteiger partial charge in [-0.1, -0.05) is 0 Å². The lowest BCUT2D eigenvalue weighted by atomic mass is 9.92. The smallest absolute Gasteiger partial charge is 0.243 e. The van der Waals surface area contributed by atoms with Crippen molar-refractivity contribution in [2.24, 2.45) is 11.7 Å². The number of nitrogens with one attached hydrogen (secondary N) is 1. The van der Waals surface area contributed by atoms with E-state index in [1.807, 2.05) is 6.92 Å². The normalized spacial score (nSPS) is 27.5. The van der Waals surface area contributed by atoms with Crippen molar-refractivity contribution in [1.82, 2.24) is 10.2 Å². The Labute approximate surface area is 108 Å². The number of piperidine rings is 1. The molecule has 0 aromatic rings. The monoisotopic (exact) mass is 253 g/mol. The van der Waals surface area contributed by atoms with Gasteiger partial charge in [0.2, 0.25) is 11.8 Å². The molecule has 3 N–H and O–H groups in total. The van der Waals surface area contributed by atoms with Crippen LogP contribution in [0.4, 0.5) is 0 Å². The second-order valence-electron chi connectivity index (χ2n) is 5.68. The van der Waals surface area contributed by atoms with Crippen molar-refractivity contribution in [1.29, 1.82) is 0 Å². The Balaban J connectivity index is 2.13. The number of carbonyl (C=O) groups is 2. The summed E-state index contributed by atoms with van der Waals surface area (Å²) in [6.45, 7) is 2.46. The standard InChI is InChI=1S/C13H23N3O2/c1-13(14,9-6-7-9)12(18)16-8-4-3-5-10(16)11(17)15-2/h9-10H,3-8,14H2,1-2H3,(H,15,17). The Bertz CT molecular complexity index is 350. The second kappa shape index (κ2) is 4.88. The molecule has 2 unspecified atom stereocenters. The summed E-state index contributed by atoms with van der Waals surface area (Å²) in [4.78, 5) is 26.1. The number of hydrogen-bond donors (Lipinski definition) is 2. The average molecular weight is 253 g/mol. The van der Waals surface area contributed by atoms with E-state index in [1.165, 1.54) is 0 Å². The fraction of sp³-hybridized carbons (Fsp3) is 0.846. The van der Waals surface area contributed by atoms with E-state index in [1.54, 1.807) is 11.9 Å². The largest absolute Gasteiger partial charge is 0.357 e. The van der Waals surface area contributed by atoms with Crippen LogP contribution in [-0.2, 0) is 9.59 Å². The topological polar surface area (TPSA) is 75.4 Å². The molecule has 1 aliphatic heterocycles. The molecule has 18 heavy (non-hydrogen) atoms. The molecule has 0 spiro atoms. The maximum atomic E-state index is 12.6. The Kier molecular flexibility index (Phi) is 3.61. The maximum Gasteiger partial charge on any atom is 0.243 e. The van der Waals surface area contributed by atoms with Gasteiger partial charge in [-0.05, 0) is 44.9 Å². The highest BCUT2D eigenvalue weighted by Gasteiger charge is 2.48. The minimum absolute atomic E-state index is 0.0571. The zero-order valence-corrected chi connectivity index (χ0v) is 11.2. The molecular weight excluding hydrogens is 230 g/mol. The van der Waals surface area contributed by atoms with Crippen LogP contribution >= 0.6 is 0 Å². The van der Waals surface area contributed by atoms with Gasteiger partial charge < -0.3 is 16.0 Å². The van der Waals surface area contributed by atoms with Crippen molar-refractivity contribution in [3.8, 4) is 0 Å². The molecule has 2 amide bonds. The van der Waals surface area contributed by atoms with Gasteiger partial charge in [0.1, 0.15) is 6.04 Å². The number of hydrogen-bond acceptors (Lipinski definition) is 3. The predicted octanol–water partition coefficient (Wildman–Crippen LogP) is 0.241. The molecule has 2 atom stereocenters. The maximum absolute atomic E-state index is 12.6. The second-order valence-corrected chi connectivity index (χ2v) is 5.68. The zero-order valence-electron chi connectivity index (χ0n) is 11.2. The Morgan fingerprint density at radius 1 is 1.28 bits per heavy atom. The summed E-state index contributed by atoms with van der Waals surface area (Å²) in [5, 5.41) is 2.64. The van der Waals surface area contributed by atoms with Crippen LogP contribution in [0.25, 0.3) is 0 Å². The number of nitrogens with zero attached hydrogens (tertiary/aromatic N) is 1. The molecule has 0 aromatic carbocycles. The summed E-state index contributed by atoms with van der Waals surface area (Å²) in [6, 6.07) is -0.335. The number of rotatable bonds is 3. The van der Waals surface area contributed by atoms with E-state index >= 15 is 0 Å². The number of likely N-dealkylation sites (tertiary alicyclic amines) is 1. The molecule has 2 aliphatic rings. The van der Waals surface area contributed by atoms with E-state index in [2.05, 4.69) is 5.32 Å². The van der Waals surface area contributed by atoms with Crippen molar-refractivity contribution in [3.05, 3.63) is 0 Å². The first-order valence-corrected chi connectivity index (χ1v) is 6.80. The van der Waals surface area contributed by atoms with Crippen LogP contribution in [0.3, 0.4) is 0 Å². The lowest BCUT2D eigenvalue weighted by Gasteiger charge is -2.39. The summed E-state index contributed by atoms with van der Waals surface area (Å²) < 4.78 is 0. The first-order valence-electron chi connectivity index (χ1n) is 6.80. The van der Waals surface area contributed by atoms with Gasteiger partial charge in [0.15, 0.2) is 0 Å². The van der Waals surface area contributed by atoms with Gasteiger partial charge in [-0.3, -0.25) is 9.59 Å². The third kappa shape index (κ3) is 2.36. The van der Waals surface area contributed by atoms with E-state index in [9.17, 15) is 9.59 Å². The minimum atomic E-state index is -0.802. The van der Waals surface area contributed by atoms with Crippen molar-refractivity contribution < 1.29 is 9.59 Å². The number of carbonyl (C=O) groups excluding carboxylic acids is 2. The molecule has 5 nitrogen and oxygen atoms in total. The molecular formula is C13H23N3O2. The van der Waals surface area contributed by atoms with Crippen LogP contribution in [0, 0.1) is 5.92 Å². The van der Waals surface area contributed by atoms with Crippen LogP contribution in [0.1, 0.15) is 39.0 Å². The van der Waals surface area contributed by atoms with E-state index in [4.69, 9.17) is 5.73 Å². The zero-order chi connectivity index (χ0) is 13.3. The highest BCUT2D eigenvalue weighted by Crippen LogP contribution is 2.39. The Morgan fingerprint density at radius 2 is 1.94 bits per heavy atom. The van der Waals surface area contributed by atoms with Gasteiger partial charge >= 0.3 is 0 Å². The van der Waals surface area contributed by atoms with Gasteiger partial charge in [0.25, 0.3) is 0 Å². The van der Waals surface area contributed by atoms with Gasteiger partial charge in [0.05, 0.1) is 5.54 Å². The molecule has 0 radical (unpaired) electrons. The molecule has 1 saturated carbocycles. The van der Waals surface area contributed by atoms with Crippen molar-refractivity contribution in [2.75, 3.05) is 13.6 Å². The lowest BCUT2D eigenvalue weighted by molar-refractivity contribution is -0.146. The minimum Gasteiger partial charge on any atom is -0.357 e. The summed E-state index contributed by atoms with van der Waals surface area (Å²) in [5.41, 5.74) is 5.38. The highest BCUT2D eigenvalue weighted by molar-refractivity contribution is 5.92. The third-order valence-corrected chi connectivity index (χ3v) is 4.20.